The number of hydrogen-bond donors (Lipinski definition) is 0. The average molecular weight is 270 g/mol. The van der Waals surface area contributed by atoms with Gasteiger partial charge in [-0.15, -0.1) is 0 Å². The summed E-state index contributed by atoms with van der Waals surface area (Å²) in [5.41, 5.74) is 0.832. The summed E-state index contributed by atoms with van der Waals surface area (Å²) in [6, 6.07) is 13.7. The molecule has 0 amide bonds. The Morgan fingerprint density at radius 2 is 1.85 bits per heavy atom. The van der Waals surface area contributed by atoms with E-state index in [9.17, 15) is 5.26 Å². The molecule has 1 aromatic rings. The molecular formula is C18H26N2. The molecule has 1 aliphatic heterocycles. The van der Waals surface area contributed by atoms with E-state index in [-0.39, 0.29) is 5.41 Å². The number of nitrogens with zero attached hydrogens (tertiary/aromatic N) is 2. The van der Waals surface area contributed by atoms with E-state index in [1.807, 2.05) is 6.07 Å². The van der Waals surface area contributed by atoms with Crippen molar-refractivity contribution in [2.45, 2.75) is 45.6 Å². The molecule has 0 N–H and O–H groups in total. The van der Waals surface area contributed by atoms with Gasteiger partial charge in [0.2, 0.25) is 0 Å². The van der Waals surface area contributed by atoms with Crippen LogP contribution in [-0.4, -0.2) is 24.0 Å². The van der Waals surface area contributed by atoms with E-state index in [0.29, 0.717) is 17.9 Å². The quantitative estimate of drug-likeness (QED) is 0.831. The Balaban J connectivity index is 2.37. The molecule has 2 heteroatoms. The van der Waals surface area contributed by atoms with Crippen molar-refractivity contribution < 1.29 is 0 Å². The summed E-state index contributed by atoms with van der Waals surface area (Å²) in [4.78, 5) is 2.50. The lowest BCUT2D eigenvalue weighted by molar-refractivity contribution is 0.221. The zero-order chi connectivity index (χ0) is 14.8. The summed E-state index contributed by atoms with van der Waals surface area (Å²) >= 11 is 0. The number of hydrogen-bond acceptors (Lipinski definition) is 2. The highest BCUT2D eigenvalue weighted by atomic mass is 15.2. The topological polar surface area (TPSA) is 27.0 Å². The van der Waals surface area contributed by atoms with Crippen molar-refractivity contribution in [2.24, 2.45) is 11.8 Å². The number of rotatable bonds is 4. The minimum atomic E-state index is -0.356. The Kier molecular flexibility index (Phi) is 4.50. The van der Waals surface area contributed by atoms with Crippen LogP contribution in [0.2, 0.25) is 0 Å². The van der Waals surface area contributed by atoms with Crippen LogP contribution in [0.4, 0.5) is 0 Å². The first kappa shape index (κ1) is 15.1. The zero-order valence-corrected chi connectivity index (χ0v) is 13.1. The highest BCUT2D eigenvalue weighted by Crippen LogP contribution is 2.43. The van der Waals surface area contributed by atoms with Crippen LogP contribution < -0.4 is 0 Å². The van der Waals surface area contributed by atoms with Crippen molar-refractivity contribution in [3.63, 3.8) is 0 Å². The van der Waals surface area contributed by atoms with Crippen LogP contribution in [0, 0.1) is 23.2 Å². The van der Waals surface area contributed by atoms with Crippen LogP contribution in [-0.2, 0) is 5.41 Å². The lowest BCUT2D eigenvalue weighted by atomic mass is 9.64. The highest BCUT2D eigenvalue weighted by Gasteiger charge is 2.46. The molecule has 2 atom stereocenters. The molecule has 108 valence electrons. The first-order valence-corrected chi connectivity index (χ1v) is 7.73. The molecule has 0 radical (unpaired) electrons. The minimum absolute atomic E-state index is 0.326. The predicted octanol–water partition coefficient (Wildman–Crippen LogP) is 3.83. The lowest BCUT2D eigenvalue weighted by Crippen LogP contribution is -2.41. The van der Waals surface area contributed by atoms with Gasteiger partial charge in [0.15, 0.2) is 0 Å². The summed E-state index contributed by atoms with van der Waals surface area (Å²) in [6.07, 6.45) is 1.12. The van der Waals surface area contributed by atoms with Gasteiger partial charge in [0.25, 0.3) is 0 Å². The first-order chi connectivity index (χ1) is 9.52. The van der Waals surface area contributed by atoms with Gasteiger partial charge in [-0.2, -0.15) is 5.26 Å². The fourth-order valence-corrected chi connectivity index (χ4v) is 3.67. The maximum absolute atomic E-state index is 10.0. The summed E-state index contributed by atoms with van der Waals surface area (Å²) in [7, 11) is 0. The van der Waals surface area contributed by atoms with E-state index in [4.69, 9.17) is 0 Å². The molecule has 1 aliphatic rings. The Labute approximate surface area is 123 Å². The van der Waals surface area contributed by atoms with Crippen molar-refractivity contribution in [3.8, 4) is 6.07 Å². The third-order valence-corrected chi connectivity index (χ3v) is 4.94. The van der Waals surface area contributed by atoms with E-state index in [2.05, 4.69) is 62.9 Å². The van der Waals surface area contributed by atoms with Gasteiger partial charge in [-0.05, 0) is 44.2 Å². The van der Waals surface area contributed by atoms with Crippen LogP contribution in [0.1, 0.15) is 39.7 Å². The Hall–Kier alpha value is -1.33. The Morgan fingerprint density at radius 3 is 2.30 bits per heavy atom. The normalized spacial score (nSPS) is 22.9. The highest BCUT2D eigenvalue weighted by molar-refractivity contribution is 5.35. The van der Waals surface area contributed by atoms with Gasteiger partial charge in [-0.25, -0.2) is 0 Å². The average Bonchev–Trinajstić information content (AvgIpc) is 2.91. The summed E-state index contributed by atoms with van der Waals surface area (Å²) in [5.74, 6) is 0.754. The Bertz CT molecular complexity index is 472. The number of benzene rings is 1. The molecule has 0 saturated carbocycles. The second-order valence-electron chi connectivity index (χ2n) is 6.58. The van der Waals surface area contributed by atoms with E-state index in [0.717, 1.165) is 19.5 Å². The van der Waals surface area contributed by atoms with Crippen LogP contribution in [0.25, 0.3) is 0 Å². The van der Waals surface area contributed by atoms with Crippen LogP contribution in [0.5, 0.6) is 0 Å². The van der Waals surface area contributed by atoms with Gasteiger partial charge >= 0.3 is 0 Å². The number of nitriles is 1. The van der Waals surface area contributed by atoms with Crippen molar-refractivity contribution in [1.29, 1.82) is 5.26 Å². The fraction of sp³-hybridized carbons (Fsp3) is 0.611. The van der Waals surface area contributed by atoms with Gasteiger partial charge in [0.05, 0.1) is 11.5 Å². The summed E-state index contributed by atoms with van der Waals surface area (Å²) in [6.45, 7) is 11.0. The van der Waals surface area contributed by atoms with Crippen molar-refractivity contribution in [3.05, 3.63) is 35.9 Å². The molecular weight excluding hydrogens is 244 g/mol. The third-order valence-electron chi connectivity index (χ3n) is 4.94. The second kappa shape index (κ2) is 5.97. The predicted molar refractivity (Wildman–Crippen MR) is 83.4 cm³/mol. The molecule has 0 bridgehead atoms. The maximum Gasteiger partial charge on any atom is 0.0885 e. The van der Waals surface area contributed by atoms with E-state index in [1.54, 1.807) is 0 Å². The number of likely N-dealkylation sites (tertiary alicyclic amines) is 1. The zero-order valence-electron chi connectivity index (χ0n) is 13.1. The maximum atomic E-state index is 10.0. The van der Waals surface area contributed by atoms with Gasteiger partial charge in [-0.1, -0.05) is 44.2 Å². The lowest BCUT2D eigenvalue weighted by Gasteiger charge is -2.37. The van der Waals surface area contributed by atoms with Gasteiger partial charge < -0.3 is 4.90 Å². The Morgan fingerprint density at radius 1 is 1.20 bits per heavy atom. The van der Waals surface area contributed by atoms with Crippen molar-refractivity contribution in [2.75, 3.05) is 13.1 Å². The molecule has 0 unspecified atom stereocenters. The third kappa shape index (κ3) is 2.47. The molecule has 0 spiro atoms. The smallest absolute Gasteiger partial charge is 0.0885 e. The summed E-state index contributed by atoms with van der Waals surface area (Å²) in [5, 5.41) is 10.0. The van der Waals surface area contributed by atoms with Gasteiger partial charge in [-0.3, -0.25) is 0 Å². The van der Waals surface area contributed by atoms with E-state index < -0.39 is 0 Å². The monoisotopic (exact) mass is 270 g/mol. The van der Waals surface area contributed by atoms with Crippen LogP contribution in [0.3, 0.4) is 0 Å². The molecule has 20 heavy (non-hydrogen) atoms. The van der Waals surface area contributed by atoms with Crippen LogP contribution in [0.15, 0.2) is 30.3 Å². The van der Waals surface area contributed by atoms with E-state index in [1.165, 1.54) is 5.56 Å². The molecule has 1 aromatic carbocycles. The molecule has 0 aromatic heterocycles. The fourth-order valence-electron chi connectivity index (χ4n) is 3.67. The minimum Gasteiger partial charge on any atom is -0.301 e. The largest absolute Gasteiger partial charge is 0.301 e. The SMILES string of the molecule is CC(C)N1CC[C@@H]([C@@](C#N)(c2ccccc2)C(C)C)C1. The van der Waals surface area contributed by atoms with Crippen molar-refractivity contribution >= 4 is 0 Å². The molecule has 1 fully saturated rings. The van der Waals surface area contributed by atoms with Crippen LogP contribution >= 0.6 is 0 Å². The summed E-state index contributed by atoms with van der Waals surface area (Å²) < 4.78 is 0. The first-order valence-electron chi connectivity index (χ1n) is 7.73. The molecule has 2 rings (SSSR count). The molecule has 2 nitrogen and oxygen atoms in total. The second-order valence-corrected chi connectivity index (χ2v) is 6.58. The van der Waals surface area contributed by atoms with E-state index >= 15 is 0 Å². The molecule has 1 saturated heterocycles. The van der Waals surface area contributed by atoms with Gasteiger partial charge in [0.1, 0.15) is 0 Å². The molecule has 1 heterocycles. The molecule has 0 aliphatic carbocycles. The standard InChI is InChI=1S/C18H26N2/c1-14(2)18(13-19,16-8-6-5-7-9-16)17-10-11-20(12-17)15(3)4/h5-9,14-15,17H,10-12H2,1-4H3/t17-,18-/m1/s1. The van der Waals surface area contributed by atoms with Crippen molar-refractivity contribution in [1.82, 2.24) is 4.90 Å². The van der Waals surface area contributed by atoms with Gasteiger partial charge in [0, 0.05) is 12.6 Å².